The Morgan fingerprint density at radius 3 is 2.72 bits per heavy atom. The molecule has 3 heterocycles. The number of rotatable bonds is 5. The number of anilines is 1. The number of hydrogen-bond donors (Lipinski definition) is 2. The monoisotopic (exact) mass is 395 g/mol. The number of aryl methyl sites for hydroxylation is 1. The molecular weight excluding hydrogens is 374 g/mol. The molecule has 10 nitrogen and oxygen atoms in total. The molecule has 2 atom stereocenters. The standard InChI is InChI=1S/C19H21N7O3/c1-25-17(22-23-24-25)16(10-2-3-10)20-12-5-4-11-9-26(19(29)13(11)8-12)14-6-7-15(27)21-18(14)28/h4-5,8,10,14,16,20H,2-3,6-7,9H2,1H3,(H,21,27,28). The predicted molar refractivity (Wildman–Crippen MR) is 100 cm³/mol. The van der Waals surface area contributed by atoms with Crippen molar-refractivity contribution in [3.8, 4) is 0 Å². The molecule has 5 rings (SSSR count). The van der Waals surface area contributed by atoms with E-state index < -0.39 is 11.9 Å². The number of aromatic nitrogens is 4. The van der Waals surface area contributed by atoms with E-state index in [4.69, 9.17) is 0 Å². The summed E-state index contributed by atoms with van der Waals surface area (Å²) < 4.78 is 1.67. The molecule has 0 spiro atoms. The summed E-state index contributed by atoms with van der Waals surface area (Å²) in [6.45, 7) is 0.375. The zero-order chi connectivity index (χ0) is 20.1. The Labute approximate surface area is 166 Å². The van der Waals surface area contributed by atoms with Gasteiger partial charge in [-0.1, -0.05) is 6.07 Å². The van der Waals surface area contributed by atoms with E-state index in [1.54, 1.807) is 9.58 Å². The van der Waals surface area contributed by atoms with E-state index in [0.717, 1.165) is 29.9 Å². The zero-order valence-corrected chi connectivity index (χ0v) is 16.0. The van der Waals surface area contributed by atoms with Gasteiger partial charge in [0.05, 0.1) is 6.04 Å². The number of piperidine rings is 1. The van der Waals surface area contributed by atoms with Gasteiger partial charge in [-0.05, 0) is 53.3 Å². The van der Waals surface area contributed by atoms with Crippen LogP contribution in [-0.2, 0) is 23.2 Å². The lowest BCUT2D eigenvalue weighted by molar-refractivity contribution is -0.136. The summed E-state index contributed by atoms with van der Waals surface area (Å²) in [5.41, 5.74) is 2.29. The van der Waals surface area contributed by atoms with Crippen molar-refractivity contribution < 1.29 is 14.4 Å². The SMILES string of the molecule is Cn1nnnc1C(Nc1ccc2c(c1)C(=O)N(C1CCC(=O)NC1=O)C2)C1CC1. The lowest BCUT2D eigenvalue weighted by Gasteiger charge is -2.29. The average Bonchev–Trinajstić information content (AvgIpc) is 3.38. The van der Waals surface area contributed by atoms with Gasteiger partial charge in [0.15, 0.2) is 5.82 Å². The van der Waals surface area contributed by atoms with Crippen molar-refractivity contribution in [2.24, 2.45) is 13.0 Å². The molecule has 0 radical (unpaired) electrons. The normalized spacial score (nSPS) is 22.4. The molecule has 2 fully saturated rings. The van der Waals surface area contributed by atoms with E-state index >= 15 is 0 Å². The average molecular weight is 395 g/mol. The van der Waals surface area contributed by atoms with Crippen LogP contribution in [0.25, 0.3) is 0 Å². The topological polar surface area (TPSA) is 122 Å². The van der Waals surface area contributed by atoms with Crippen LogP contribution in [0, 0.1) is 5.92 Å². The molecule has 1 aromatic carbocycles. The maximum Gasteiger partial charge on any atom is 0.255 e. The number of imide groups is 1. The first-order valence-corrected chi connectivity index (χ1v) is 9.77. The Balaban J connectivity index is 1.37. The number of nitrogens with zero attached hydrogens (tertiary/aromatic N) is 5. The van der Waals surface area contributed by atoms with E-state index in [9.17, 15) is 14.4 Å². The minimum Gasteiger partial charge on any atom is -0.375 e. The van der Waals surface area contributed by atoms with Gasteiger partial charge in [-0.25, -0.2) is 4.68 Å². The smallest absolute Gasteiger partial charge is 0.255 e. The van der Waals surface area contributed by atoms with Gasteiger partial charge in [0.1, 0.15) is 6.04 Å². The Hall–Kier alpha value is -3.30. The van der Waals surface area contributed by atoms with Crippen LogP contribution in [0.3, 0.4) is 0 Å². The first-order chi connectivity index (χ1) is 14.0. The Morgan fingerprint density at radius 1 is 1.21 bits per heavy atom. The third-order valence-corrected chi connectivity index (χ3v) is 5.87. The number of amides is 3. The summed E-state index contributed by atoms with van der Waals surface area (Å²) >= 11 is 0. The molecule has 150 valence electrons. The predicted octanol–water partition coefficient (Wildman–Crippen LogP) is 0.534. The van der Waals surface area contributed by atoms with Crippen LogP contribution in [0.1, 0.15) is 53.5 Å². The van der Waals surface area contributed by atoms with Crippen molar-refractivity contribution in [3.63, 3.8) is 0 Å². The highest BCUT2D eigenvalue weighted by Gasteiger charge is 2.40. The fourth-order valence-electron chi connectivity index (χ4n) is 4.15. The van der Waals surface area contributed by atoms with Gasteiger partial charge in [-0.15, -0.1) is 5.10 Å². The molecule has 2 unspecified atom stereocenters. The maximum atomic E-state index is 13.0. The highest BCUT2D eigenvalue weighted by Crippen LogP contribution is 2.42. The van der Waals surface area contributed by atoms with Gasteiger partial charge in [0.2, 0.25) is 11.8 Å². The summed E-state index contributed by atoms with van der Waals surface area (Å²) in [6.07, 6.45) is 2.83. The highest BCUT2D eigenvalue weighted by molar-refractivity contribution is 6.05. The van der Waals surface area contributed by atoms with Crippen molar-refractivity contribution in [3.05, 3.63) is 35.2 Å². The summed E-state index contributed by atoms with van der Waals surface area (Å²) in [5.74, 6) is 0.366. The molecule has 1 saturated carbocycles. The lowest BCUT2D eigenvalue weighted by Crippen LogP contribution is -2.52. The number of tetrazole rings is 1. The first kappa shape index (κ1) is 17.8. The Morgan fingerprint density at radius 2 is 2.03 bits per heavy atom. The Kier molecular flexibility index (Phi) is 4.07. The molecule has 2 aliphatic heterocycles. The van der Waals surface area contributed by atoms with Gasteiger partial charge in [-0.3, -0.25) is 19.7 Å². The van der Waals surface area contributed by atoms with Gasteiger partial charge in [0.25, 0.3) is 5.91 Å². The van der Waals surface area contributed by atoms with Crippen molar-refractivity contribution in [2.75, 3.05) is 5.32 Å². The molecule has 2 aromatic rings. The van der Waals surface area contributed by atoms with E-state index in [1.165, 1.54) is 0 Å². The summed E-state index contributed by atoms with van der Waals surface area (Å²) in [6, 6.07) is 5.08. The molecule has 0 bridgehead atoms. The van der Waals surface area contributed by atoms with E-state index in [1.807, 2.05) is 25.2 Å². The molecular formula is C19H21N7O3. The summed E-state index contributed by atoms with van der Waals surface area (Å²) in [7, 11) is 1.82. The third-order valence-electron chi connectivity index (χ3n) is 5.87. The van der Waals surface area contributed by atoms with Crippen LogP contribution in [0.2, 0.25) is 0 Å². The molecule has 2 N–H and O–H groups in total. The number of nitrogens with one attached hydrogen (secondary N) is 2. The van der Waals surface area contributed by atoms with Crippen LogP contribution >= 0.6 is 0 Å². The second-order valence-electron chi connectivity index (χ2n) is 7.89. The Bertz CT molecular complexity index is 1010. The quantitative estimate of drug-likeness (QED) is 0.708. The number of benzene rings is 1. The fourth-order valence-corrected chi connectivity index (χ4v) is 4.15. The van der Waals surface area contributed by atoms with Gasteiger partial charge < -0.3 is 10.2 Å². The maximum absolute atomic E-state index is 13.0. The van der Waals surface area contributed by atoms with Crippen molar-refractivity contribution >= 4 is 23.4 Å². The van der Waals surface area contributed by atoms with Crippen LogP contribution < -0.4 is 10.6 Å². The zero-order valence-electron chi connectivity index (χ0n) is 16.0. The van der Waals surface area contributed by atoms with E-state index in [-0.39, 0.29) is 24.3 Å². The largest absolute Gasteiger partial charge is 0.375 e. The van der Waals surface area contributed by atoms with Crippen molar-refractivity contribution in [2.45, 2.75) is 44.3 Å². The summed E-state index contributed by atoms with van der Waals surface area (Å²) in [4.78, 5) is 38.1. The van der Waals surface area contributed by atoms with E-state index in [0.29, 0.717) is 24.4 Å². The molecule has 10 heteroatoms. The number of fused-ring (bicyclic) bond motifs is 1. The third kappa shape index (κ3) is 3.14. The van der Waals surface area contributed by atoms with Gasteiger partial charge in [0, 0.05) is 31.3 Å². The van der Waals surface area contributed by atoms with Gasteiger partial charge >= 0.3 is 0 Å². The van der Waals surface area contributed by atoms with Crippen LogP contribution in [0.5, 0.6) is 0 Å². The second-order valence-corrected chi connectivity index (χ2v) is 7.89. The molecule has 29 heavy (non-hydrogen) atoms. The number of hydrogen-bond acceptors (Lipinski definition) is 7. The van der Waals surface area contributed by atoms with Crippen molar-refractivity contribution in [1.29, 1.82) is 0 Å². The molecule has 1 saturated heterocycles. The molecule has 3 amide bonds. The van der Waals surface area contributed by atoms with Crippen LogP contribution in [-0.4, -0.2) is 48.9 Å². The van der Waals surface area contributed by atoms with Crippen LogP contribution in [0.15, 0.2) is 18.2 Å². The molecule has 3 aliphatic rings. The van der Waals surface area contributed by atoms with E-state index in [2.05, 4.69) is 26.2 Å². The van der Waals surface area contributed by atoms with Crippen molar-refractivity contribution in [1.82, 2.24) is 30.4 Å². The minimum atomic E-state index is -0.604. The minimum absolute atomic E-state index is 0.0178. The highest BCUT2D eigenvalue weighted by atomic mass is 16.2. The number of carbonyl (C=O) groups excluding carboxylic acids is 3. The second kappa shape index (κ2) is 6.64. The van der Waals surface area contributed by atoms with Gasteiger partial charge in [-0.2, -0.15) is 0 Å². The molecule has 1 aliphatic carbocycles. The van der Waals surface area contributed by atoms with Crippen LogP contribution in [0.4, 0.5) is 5.69 Å². The molecule has 1 aromatic heterocycles. The summed E-state index contributed by atoms with van der Waals surface area (Å²) in [5, 5.41) is 17.6. The fraction of sp³-hybridized carbons (Fsp3) is 0.474. The first-order valence-electron chi connectivity index (χ1n) is 9.77. The number of carbonyl (C=O) groups is 3. The lowest BCUT2D eigenvalue weighted by atomic mass is 10.0.